The highest BCUT2D eigenvalue weighted by Gasteiger charge is 2.35. The molecule has 2 aromatic carbocycles. The van der Waals surface area contributed by atoms with Gasteiger partial charge in [-0.05, 0) is 31.2 Å². The second-order valence-electron chi connectivity index (χ2n) is 5.42. The predicted molar refractivity (Wildman–Crippen MR) is 97.4 cm³/mol. The van der Waals surface area contributed by atoms with Gasteiger partial charge in [0.15, 0.2) is 4.91 Å². The Morgan fingerprint density at radius 3 is 2.36 bits per heavy atom. The molecule has 7 heteroatoms. The van der Waals surface area contributed by atoms with E-state index in [2.05, 4.69) is 0 Å². The van der Waals surface area contributed by atoms with Gasteiger partial charge in [-0.25, -0.2) is 8.42 Å². The summed E-state index contributed by atoms with van der Waals surface area (Å²) in [7, 11) is -4.01. The largest absolute Gasteiger partial charge is 0.273 e. The number of carbonyl (C=O) groups is 1. The fraction of sp³-hybridized carbons (Fsp3) is 0.111. The van der Waals surface area contributed by atoms with Crippen molar-refractivity contribution < 1.29 is 13.2 Å². The van der Waals surface area contributed by atoms with Crippen molar-refractivity contribution in [1.29, 1.82) is 5.26 Å². The lowest BCUT2D eigenvalue weighted by Gasteiger charge is -2.18. The van der Waals surface area contributed by atoms with E-state index in [1.165, 1.54) is 17.0 Å². The Morgan fingerprint density at radius 2 is 1.76 bits per heavy atom. The van der Waals surface area contributed by atoms with Crippen molar-refractivity contribution in [3.63, 3.8) is 0 Å². The number of hydrogen-bond acceptors (Lipinski definition) is 5. The van der Waals surface area contributed by atoms with Crippen LogP contribution in [0, 0.1) is 18.3 Å². The zero-order valence-corrected chi connectivity index (χ0v) is 15.0. The fourth-order valence-corrected chi connectivity index (χ4v) is 5.02. The van der Waals surface area contributed by atoms with Crippen LogP contribution >= 0.6 is 11.8 Å². The summed E-state index contributed by atoms with van der Waals surface area (Å²) in [4.78, 5) is 13.2. The molecule has 0 unspecified atom stereocenters. The van der Waals surface area contributed by atoms with Crippen LogP contribution in [0.15, 0.2) is 69.4 Å². The van der Waals surface area contributed by atoms with Crippen LogP contribution in [0.5, 0.6) is 0 Å². The fourth-order valence-electron chi connectivity index (χ4n) is 2.44. The van der Waals surface area contributed by atoms with E-state index < -0.39 is 14.7 Å². The third-order valence-electron chi connectivity index (χ3n) is 3.70. The maximum Gasteiger partial charge on any atom is 0.242 e. The maximum absolute atomic E-state index is 12.9. The maximum atomic E-state index is 12.9. The molecule has 1 saturated heterocycles. The molecule has 1 aliphatic rings. The Kier molecular flexibility index (Phi) is 4.66. The Bertz CT molecular complexity index is 989. The highest BCUT2D eigenvalue weighted by atomic mass is 32.2. The summed E-state index contributed by atoms with van der Waals surface area (Å²) in [5.41, 5.74) is 1.46. The third-order valence-corrected chi connectivity index (χ3v) is 6.59. The molecular formula is C18H14N2O3S2. The van der Waals surface area contributed by atoms with E-state index in [1.54, 1.807) is 48.5 Å². The molecule has 0 saturated carbocycles. The van der Waals surface area contributed by atoms with E-state index in [4.69, 9.17) is 0 Å². The van der Waals surface area contributed by atoms with Gasteiger partial charge in [0.2, 0.25) is 15.7 Å². The average Bonchev–Trinajstić information content (AvgIpc) is 2.98. The Balaban J connectivity index is 2.16. The molecule has 3 rings (SSSR count). The third kappa shape index (κ3) is 3.18. The van der Waals surface area contributed by atoms with Crippen molar-refractivity contribution in [3.05, 3.63) is 70.1 Å². The Hall–Kier alpha value is -2.56. The van der Waals surface area contributed by atoms with Crippen molar-refractivity contribution in [2.75, 3.05) is 10.7 Å². The van der Waals surface area contributed by atoms with Gasteiger partial charge in [0.05, 0.1) is 10.6 Å². The number of aryl methyl sites for hydroxylation is 1. The van der Waals surface area contributed by atoms with E-state index >= 15 is 0 Å². The van der Waals surface area contributed by atoms with Crippen LogP contribution in [0.25, 0.3) is 0 Å². The number of nitrogens with zero attached hydrogens (tertiary/aromatic N) is 2. The lowest BCUT2D eigenvalue weighted by Crippen LogP contribution is -2.25. The van der Waals surface area contributed by atoms with E-state index in [-0.39, 0.29) is 21.6 Å². The molecule has 1 heterocycles. The van der Waals surface area contributed by atoms with E-state index in [0.29, 0.717) is 5.69 Å². The predicted octanol–water partition coefficient (Wildman–Crippen LogP) is 3.24. The van der Waals surface area contributed by atoms with Crippen molar-refractivity contribution in [2.24, 2.45) is 0 Å². The smallest absolute Gasteiger partial charge is 0.242 e. The monoisotopic (exact) mass is 370 g/mol. The van der Waals surface area contributed by atoms with Crippen LogP contribution in [-0.2, 0) is 14.6 Å². The lowest BCUT2D eigenvalue weighted by molar-refractivity contribution is -0.115. The minimum atomic E-state index is -4.01. The van der Waals surface area contributed by atoms with Crippen LogP contribution in [0.1, 0.15) is 5.56 Å². The van der Waals surface area contributed by atoms with Crippen LogP contribution in [0.3, 0.4) is 0 Å². The van der Waals surface area contributed by atoms with Crippen molar-refractivity contribution in [1.82, 2.24) is 0 Å². The highest BCUT2D eigenvalue weighted by molar-refractivity contribution is 8.05. The van der Waals surface area contributed by atoms with Gasteiger partial charge in [-0.3, -0.25) is 9.69 Å². The first-order valence-corrected chi connectivity index (χ1v) is 9.89. The van der Waals surface area contributed by atoms with Crippen molar-refractivity contribution in [3.8, 4) is 6.07 Å². The van der Waals surface area contributed by atoms with E-state index in [1.807, 2.05) is 6.92 Å². The first-order valence-electron chi connectivity index (χ1n) is 7.42. The molecule has 126 valence electrons. The number of rotatable bonds is 3. The molecule has 25 heavy (non-hydrogen) atoms. The SMILES string of the molecule is Cc1ccc(S(=O)(=O)C(C#N)=C2SCC(=O)N2c2ccccc2)cc1. The normalized spacial score (nSPS) is 16.6. The number of benzene rings is 2. The number of hydrogen-bond donors (Lipinski definition) is 0. The molecule has 2 aromatic rings. The molecular weight excluding hydrogens is 356 g/mol. The van der Waals surface area contributed by atoms with Crippen LogP contribution in [0.4, 0.5) is 5.69 Å². The first kappa shape index (κ1) is 17.3. The summed E-state index contributed by atoms with van der Waals surface area (Å²) < 4.78 is 25.8. The summed E-state index contributed by atoms with van der Waals surface area (Å²) in [5.74, 6) is -0.156. The number of nitriles is 1. The van der Waals surface area contributed by atoms with Crippen LogP contribution in [-0.4, -0.2) is 20.1 Å². The van der Waals surface area contributed by atoms with Crippen LogP contribution in [0.2, 0.25) is 0 Å². The van der Waals surface area contributed by atoms with Gasteiger partial charge >= 0.3 is 0 Å². The molecule has 0 aliphatic carbocycles. The number of para-hydroxylation sites is 1. The molecule has 1 aliphatic heterocycles. The van der Waals surface area contributed by atoms with Gasteiger partial charge in [-0.1, -0.05) is 47.7 Å². The lowest BCUT2D eigenvalue weighted by atomic mass is 10.2. The molecule has 0 bridgehead atoms. The second kappa shape index (κ2) is 6.75. The summed E-state index contributed by atoms with van der Waals surface area (Å²) in [5, 5.41) is 9.70. The van der Waals surface area contributed by atoms with Gasteiger partial charge in [-0.2, -0.15) is 5.26 Å². The van der Waals surface area contributed by atoms with Gasteiger partial charge in [0.1, 0.15) is 11.1 Å². The average molecular weight is 370 g/mol. The second-order valence-corrected chi connectivity index (χ2v) is 8.27. The van der Waals surface area contributed by atoms with Crippen molar-refractivity contribution >= 4 is 33.2 Å². The standard InChI is InChI=1S/C18H14N2O3S2/c1-13-7-9-15(10-8-13)25(22,23)16(11-19)18-20(17(21)12-24-18)14-5-3-2-4-6-14/h2-10H,12H2,1H3. The minimum Gasteiger partial charge on any atom is -0.273 e. The summed E-state index contributed by atoms with van der Waals surface area (Å²) >= 11 is 1.07. The number of carbonyl (C=O) groups excluding carboxylic acids is 1. The van der Waals surface area contributed by atoms with Gasteiger partial charge in [0.25, 0.3) is 0 Å². The molecule has 0 radical (unpaired) electrons. The quantitative estimate of drug-likeness (QED) is 0.775. The Morgan fingerprint density at radius 1 is 1.12 bits per heavy atom. The number of amides is 1. The zero-order chi connectivity index (χ0) is 18.0. The molecule has 0 atom stereocenters. The van der Waals surface area contributed by atoms with Gasteiger partial charge in [0, 0.05) is 5.69 Å². The van der Waals surface area contributed by atoms with Crippen molar-refractivity contribution in [2.45, 2.75) is 11.8 Å². The number of thioether (sulfide) groups is 1. The summed E-state index contributed by atoms with van der Waals surface area (Å²) in [6.45, 7) is 1.85. The molecule has 5 nitrogen and oxygen atoms in total. The molecule has 0 aromatic heterocycles. The summed E-state index contributed by atoms with van der Waals surface area (Å²) in [6.07, 6.45) is 0. The molecule has 1 fully saturated rings. The van der Waals surface area contributed by atoms with Gasteiger partial charge in [-0.15, -0.1) is 0 Å². The topological polar surface area (TPSA) is 78.2 Å². The zero-order valence-electron chi connectivity index (χ0n) is 13.3. The number of anilines is 1. The molecule has 0 spiro atoms. The van der Waals surface area contributed by atoms with E-state index in [9.17, 15) is 18.5 Å². The van der Waals surface area contributed by atoms with E-state index in [0.717, 1.165) is 17.3 Å². The first-order chi connectivity index (χ1) is 11.9. The molecule has 1 amide bonds. The number of sulfone groups is 1. The molecule has 0 N–H and O–H groups in total. The van der Waals surface area contributed by atoms with Gasteiger partial charge < -0.3 is 0 Å². The number of allylic oxidation sites excluding steroid dienone is 1. The van der Waals surface area contributed by atoms with Crippen LogP contribution < -0.4 is 4.90 Å². The minimum absolute atomic E-state index is 0.0371. The Labute approximate surface area is 150 Å². The highest BCUT2D eigenvalue weighted by Crippen LogP contribution is 2.38. The summed E-state index contributed by atoms with van der Waals surface area (Å²) in [6, 6.07) is 16.8.